The lowest BCUT2D eigenvalue weighted by atomic mass is 10.1. The molecule has 0 saturated carbocycles. The van der Waals surface area contributed by atoms with Crippen molar-refractivity contribution in [3.05, 3.63) is 58.1 Å². The smallest absolute Gasteiger partial charge is 0.244 e. The van der Waals surface area contributed by atoms with Crippen LogP contribution in [0.5, 0.6) is 0 Å². The predicted molar refractivity (Wildman–Crippen MR) is 93.9 cm³/mol. The standard InChI is InChI=1S/C18H17ClF2N2O2/c1-10-6-11(2)18(14(19)7-10)22-17(25)9-23(12(3)24)16-5-4-13(20)8-15(16)21/h4-8H,9H2,1-3H3,(H,22,25). The molecule has 0 radical (unpaired) electrons. The van der Waals surface area contributed by atoms with Gasteiger partial charge in [-0.25, -0.2) is 8.78 Å². The first-order valence-corrected chi connectivity index (χ1v) is 7.86. The van der Waals surface area contributed by atoms with Gasteiger partial charge in [0.15, 0.2) is 0 Å². The average molecular weight is 367 g/mol. The van der Waals surface area contributed by atoms with E-state index < -0.39 is 30.0 Å². The van der Waals surface area contributed by atoms with Crippen LogP contribution in [0, 0.1) is 25.5 Å². The average Bonchev–Trinajstić information content (AvgIpc) is 2.49. The fourth-order valence-electron chi connectivity index (χ4n) is 2.46. The molecule has 2 rings (SSSR count). The molecular weight excluding hydrogens is 350 g/mol. The number of halogens is 3. The van der Waals surface area contributed by atoms with Gasteiger partial charge in [0.2, 0.25) is 11.8 Å². The molecule has 7 heteroatoms. The van der Waals surface area contributed by atoms with Crippen molar-refractivity contribution in [2.75, 3.05) is 16.8 Å². The Morgan fingerprint density at radius 2 is 1.84 bits per heavy atom. The summed E-state index contributed by atoms with van der Waals surface area (Å²) in [5, 5.41) is 3.00. The van der Waals surface area contributed by atoms with Gasteiger partial charge in [-0.2, -0.15) is 0 Å². The van der Waals surface area contributed by atoms with Gasteiger partial charge in [-0.3, -0.25) is 9.59 Å². The molecule has 0 atom stereocenters. The van der Waals surface area contributed by atoms with Gasteiger partial charge < -0.3 is 10.2 Å². The van der Waals surface area contributed by atoms with Crippen molar-refractivity contribution in [1.82, 2.24) is 0 Å². The molecule has 2 amide bonds. The van der Waals surface area contributed by atoms with Gasteiger partial charge in [-0.05, 0) is 43.2 Å². The summed E-state index contributed by atoms with van der Waals surface area (Å²) < 4.78 is 27.0. The first-order valence-electron chi connectivity index (χ1n) is 7.48. The van der Waals surface area contributed by atoms with E-state index in [1.165, 1.54) is 6.92 Å². The summed E-state index contributed by atoms with van der Waals surface area (Å²) >= 11 is 6.14. The molecule has 2 aromatic rings. The monoisotopic (exact) mass is 366 g/mol. The topological polar surface area (TPSA) is 49.4 Å². The number of nitrogens with one attached hydrogen (secondary N) is 1. The van der Waals surface area contributed by atoms with Crippen LogP contribution < -0.4 is 10.2 Å². The molecule has 1 N–H and O–H groups in total. The Kier molecular flexibility index (Phi) is 5.74. The predicted octanol–water partition coefficient (Wildman–Crippen LogP) is 4.23. The Morgan fingerprint density at radius 1 is 1.16 bits per heavy atom. The van der Waals surface area contributed by atoms with E-state index in [2.05, 4.69) is 5.32 Å². The van der Waals surface area contributed by atoms with Crippen LogP contribution in [0.15, 0.2) is 30.3 Å². The summed E-state index contributed by atoms with van der Waals surface area (Å²) in [6.07, 6.45) is 0. The van der Waals surface area contributed by atoms with Crippen LogP contribution in [0.1, 0.15) is 18.1 Å². The highest BCUT2D eigenvalue weighted by atomic mass is 35.5. The Hall–Kier alpha value is -2.47. The highest BCUT2D eigenvalue weighted by molar-refractivity contribution is 6.34. The van der Waals surface area contributed by atoms with E-state index >= 15 is 0 Å². The third-order valence-corrected chi connectivity index (χ3v) is 3.88. The number of hydrogen-bond acceptors (Lipinski definition) is 2. The van der Waals surface area contributed by atoms with Crippen LogP contribution in [-0.2, 0) is 9.59 Å². The molecule has 0 saturated heterocycles. The van der Waals surface area contributed by atoms with Crippen molar-refractivity contribution in [1.29, 1.82) is 0 Å². The minimum absolute atomic E-state index is 0.171. The molecule has 0 unspecified atom stereocenters. The van der Waals surface area contributed by atoms with Crippen molar-refractivity contribution in [3.63, 3.8) is 0 Å². The van der Waals surface area contributed by atoms with Crippen LogP contribution >= 0.6 is 11.6 Å². The van der Waals surface area contributed by atoms with Crippen LogP contribution in [0.2, 0.25) is 5.02 Å². The zero-order valence-electron chi connectivity index (χ0n) is 14.0. The van der Waals surface area contributed by atoms with Crippen LogP contribution in [-0.4, -0.2) is 18.4 Å². The molecule has 25 heavy (non-hydrogen) atoms. The molecule has 0 heterocycles. The number of nitrogens with zero attached hydrogens (tertiary/aromatic N) is 1. The number of benzene rings is 2. The minimum atomic E-state index is -0.924. The first kappa shape index (κ1) is 18.9. The van der Waals surface area contributed by atoms with E-state index in [-0.39, 0.29) is 5.69 Å². The van der Waals surface area contributed by atoms with E-state index in [9.17, 15) is 18.4 Å². The SMILES string of the molecule is CC(=O)N(CC(=O)Nc1c(C)cc(C)cc1Cl)c1ccc(F)cc1F. The lowest BCUT2D eigenvalue weighted by Gasteiger charge is -2.22. The molecular formula is C18H17ClF2N2O2. The van der Waals surface area contributed by atoms with Gasteiger partial charge in [0.1, 0.15) is 18.2 Å². The number of rotatable bonds is 4. The van der Waals surface area contributed by atoms with Gasteiger partial charge in [-0.15, -0.1) is 0 Å². The first-order chi connectivity index (χ1) is 11.7. The Morgan fingerprint density at radius 3 is 2.40 bits per heavy atom. The molecule has 2 aromatic carbocycles. The maximum Gasteiger partial charge on any atom is 0.244 e. The minimum Gasteiger partial charge on any atom is -0.323 e. The summed E-state index contributed by atoms with van der Waals surface area (Å²) in [4.78, 5) is 25.0. The largest absolute Gasteiger partial charge is 0.323 e. The van der Waals surface area contributed by atoms with Crippen LogP contribution in [0.3, 0.4) is 0 Å². The van der Waals surface area contributed by atoms with E-state index in [0.29, 0.717) is 16.8 Å². The number of hydrogen-bond donors (Lipinski definition) is 1. The highest BCUT2D eigenvalue weighted by Crippen LogP contribution is 2.27. The maximum absolute atomic E-state index is 13.9. The summed E-state index contributed by atoms with van der Waals surface area (Å²) in [5.41, 5.74) is 1.97. The zero-order valence-corrected chi connectivity index (χ0v) is 14.7. The highest BCUT2D eigenvalue weighted by Gasteiger charge is 2.20. The number of carbonyl (C=O) groups is 2. The molecule has 4 nitrogen and oxygen atoms in total. The number of amides is 2. The number of aryl methyl sites for hydroxylation is 2. The van der Waals surface area contributed by atoms with Crippen molar-refractivity contribution in [2.24, 2.45) is 0 Å². The summed E-state index contributed by atoms with van der Waals surface area (Å²) in [7, 11) is 0. The van der Waals surface area contributed by atoms with E-state index in [1.54, 1.807) is 13.0 Å². The quantitative estimate of drug-likeness (QED) is 0.880. The van der Waals surface area contributed by atoms with Gasteiger partial charge in [0.05, 0.1) is 16.4 Å². The Labute approximate surface area is 149 Å². The maximum atomic E-state index is 13.9. The lowest BCUT2D eigenvalue weighted by molar-refractivity contribution is -0.120. The van der Waals surface area contributed by atoms with Gasteiger partial charge >= 0.3 is 0 Å². The fourth-order valence-corrected chi connectivity index (χ4v) is 2.83. The second-order valence-electron chi connectivity index (χ2n) is 5.69. The van der Waals surface area contributed by atoms with Crippen molar-refractivity contribution >= 4 is 34.8 Å². The molecule has 0 aliphatic rings. The van der Waals surface area contributed by atoms with Gasteiger partial charge in [0.25, 0.3) is 0 Å². The van der Waals surface area contributed by atoms with Crippen molar-refractivity contribution in [2.45, 2.75) is 20.8 Å². The zero-order chi connectivity index (χ0) is 18.7. The number of carbonyl (C=O) groups excluding carboxylic acids is 2. The van der Waals surface area contributed by atoms with E-state index in [0.717, 1.165) is 28.2 Å². The third-order valence-electron chi connectivity index (χ3n) is 3.58. The molecule has 0 aliphatic heterocycles. The molecule has 0 aliphatic carbocycles. The molecule has 0 bridgehead atoms. The summed E-state index contributed by atoms with van der Waals surface area (Å²) in [5.74, 6) is -2.79. The normalized spacial score (nSPS) is 10.5. The third kappa shape index (κ3) is 4.54. The van der Waals surface area contributed by atoms with Gasteiger partial charge in [-0.1, -0.05) is 17.7 Å². The van der Waals surface area contributed by atoms with Crippen molar-refractivity contribution in [3.8, 4) is 0 Å². The van der Waals surface area contributed by atoms with Gasteiger partial charge in [0, 0.05) is 13.0 Å². The summed E-state index contributed by atoms with van der Waals surface area (Å²) in [6.45, 7) is 4.43. The Bertz CT molecular complexity index is 817. The lowest BCUT2D eigenvalue weighted by Crippen LogP contribution is -2.37. The fraction of sp³-hybridized carbons (Fsp3) is 0.222. The molecule has 0 spiro atoms. The molecule has 132 valence electrons. The second kappa shape index (κ2) is 7.61. The van der Waals surface area contributed by atoms with Crippen molar-refractivity contribution < 1.29 is 18.4 Å². The van der Waals surface area contributed by atoms with E-state index in [4.69, 9.17) is 11.6 Å². The van der Waals surface area contributed by atoms with Crippen LogP contribution in [0.25, 0.3) is 0 Å². The second-order valence-corrected chi connectivity index (χ2v) is 6.09. The molecule has 0 aromatic heterocycles. The van der Waals surface area contributed by atoms with Crippen LogP contribution in [0.4, 0.5) is 20.2 Å². The number of anilines is 2. The van der Waals surface area contributed by atoms with E-state index in [1.807, 2.05) is 13.0 Å². The summed E-state index contributed by atoms with van der Waals surface area (Å²) in [6, 6.07) is 6.34. The Balaban J connectivity index is 2.23. The molecule has 0 fully saturated rings.